The molecule has 1 unspecified atom stereocenters. The lowest BCUT2D eigenvalue weighted by Crippen LogP contribution is -2.06. The minimum atomic E-state index is -2.89. The standard InChI is InChI=1S/C26H26FN5OS/c1-16-3-4-17-11-19(14-31-25(17)28)24-13-21(34(2,29)33)7-5-18(24)15-32-10-9-30-26(32)22-8-6-20(27)12-23(16)22/h5-14,16,29H,3-4,15H2,1-2H3,(H2,28,31)/t16-,34?/m0/s1. The summed E-state index contributed by atoms with van der Waals surface area (Å²) >= 11 is 0. The number of nitrogens with one attached hydrogen (secondary N) is 1. The van der Waals surface area contributed by atoms with Crippen LogP contribution in [0.3, 0.4) is 0 Å². The number of pyridine rings is 1. The number of nitrogens with zero attached hydrogens (tertiary/aromatic N) is 3. The normalized spacial score (nSPS) is 17.2. The monoisotopic (exact) mass is 475 g/mol. The van der Waals surface area contributed by atoms with Crippen molar-refractivity contribution in [2.75, 3.05) is 12.0 Å². The van der Waals surface area contributed by atoms with Crippen LogP contribution in [0.4, 0.5) is 10.2 Å². The Balaban J connectivity index is 1.77. The summed E-state index contributed by atoms with van der Waals surface area (Å²) < 4.78 is 36.9. The number of aromatic nitrogens is 3. The molecule has 8 heteroatoms. The summed E-state index contributed by atoms with van der Waals surface area (Å²) in [4.78, 5) is 9.52. The molecule has 0 amide bonds. The first-order valence-corrected chi connectivity index (χ1v) is 13.1. The Morgan fingerprint density at radius 1 is 1.12 bits per heavy atom. The van der Waals surface area contributed by atoms with E-state index in [2.05, 4.69) is 16.9 Å². The number of nitrogens with two attached hydrogens (primary N) is 1. The van der Waals surface area contributed by atoms with Gasteiger partial charge in [0.05, 0.1) is 9.73 Å². The van der Waals surface area contributed by atoms with Gasteiger partial charge in [0.25, 0.3) is 0 Å². The van der Waals surface area contributed by atoms with Crippen molar-refractivity contribution < 1.29 is 8.60 Å². The molecule has 0 saturated heterocycles. The molecular weight excluding hydrogens is 449 g/mol. The SMILES string of the molecule is C[C@H]1CCc2cc(cnc2N)-c2cc(S(C)(=N)=O)ccc2Cn2ccnc2-c2ccc(F)cc21. The zero-order valence-electron chi connectivity index (χ0n) is 19.1. The van der Waals surface area contributed by atoms with Crippen LogP contribution in [-0.2, 0) is 22.7 Å². The maximum Gasteiger partial charge on any atom is 0.140 e. The first-order chi connectivity index (χ1) is 16.2. The number of nitrogen functional groups attached to an aromatic ring is 1. The number of hydrogen-bond acceptors (Lipinski definition) is 5. The van der Waals surface area contributed by atoms with Gasteiger partial charge in [0.2, 0.25) is 0 Å². The van der Waals surface area contributed by atoms with Crippen LogP contribution in [-0.4, -0.2) is 25.0 Å². The van der Waals surface area contributed by atoms with Gasteiger partial charge in [-0.25, -0.2) is 23.3 Å². The largest absolute Gasteiger partial charge is 0.383 e. The molecule has 5 rings (SSSR count). The number of benzene rings is 2. The minimum Gasteiger partial charge on any atom is -0.383 e. The summed E-state index contributed by atoms with van der Waals surface area (Å²) in [6.07, 6.45) is 8.24. The Bertz CT molecular complexity index is 1510. The van der Waals surface area contributed by atoms with E-state index < -0.39 is 9.73 Å². The van der Waals surface area contributed by atoms with Crippen molar-refractivity contribution in [1.82, 2.24) is 14.5 Å². The zero-order valence-corrected chi connectivity index (χ0v) is 19.9. The van der Waals surface area contributed by atoms with Gasteiger partial charge in [0, 0.05) is 47.4 Å². The highest BCUT2D eigenvalue weighted by molar-refractivity contribution is 7.91. The Morgan fingerprint density at radius 2 is 1.94 bits per heavy atom. The number of halogens is 1. The predicted molar refractivity (Wildman–Crippen MR) is 133 cm³/mol. The maximum absolute atomic E-state index is 14.3. The van der Waals surface area contributed by atoms with E-state index in [4.69, 9.17) is 10.5 Å². The second kappa shape index (κ2) is 8.36. The lowest BCUT2D eigenvalue weighted by atomic mass is 9.90. The Hall–Kier alpha value is -3.52. The molecule has 2 bridgehead atoms. The van der Waals surface area contributed by atoms with E-state index in [1.165, 1.54) is 12.3 Å². The molecule has 1 aliphatic rings. The van der Waals surface area contributed by atoms with Crippen LogP contribution in [0.1, 0.15) is 36.0 Å². The van der Waals surface area contributed by atoms with Crippen LogP contribution in [0.5, 0.6) is 0 Å². The van der Waals surface area contributed by atoms with Gasteiger partial charge in [-0.2, -0.15) is 0 Å². The van der Waals surface area contributed by atoms with Crippen LogP contribution in [0.2, 0.25) is 0 Å². The predicted octanol–water partition coefficient (Wildman–Crippen LogP) is 5.47. The summed E-state index contributed by atoms with van der Waals surface area (Å²) in [5.74, 6) is 1.03. The number of aryl methyl sites for hydroxylation is 1. The first-order valence-electron chi connectivity index (χ1n) is 11.1. The molecule has 4 aromatic rings. The van der Waals surface area contributed by atoms with Crippen molar-refractivity contribution in [3.05, 3.63) is 83.6 Å². The van der Waals surface area contributed by atoms with E-state index in [1.807, 2.05) is 29.0 Å². The lowest BCUT2D eigenvalue weighted by molar-refractivity contribution is 0.615. The zero-order chi connectivity index (χ0) is 24.0. The van der Waals surface area contributed by atoms with Gasteiger partial charge < -0.3 is 10.3 Å². The third kappa shape index (κ3) is 4.09. The van der Waals surface area contributed by atoms with E-state index in [0.29, 0.717) is 23.7 Å². The van der Waals surface area contributed by atoms with E-state index in [9.17, 15) is 8.60 Å². The molecule has 2 aromatic heterocycles. The van der Waals surface area contributed by atoms with Crippen LogP contribution in [0, 0.1) is 10.6 Å². The summed E-state index contributed by atoms with van der Waals surface area (Å²) in [5, 5.41) is 0. The number of rotatable bonds is 1. The van der Waals surface area contributed by atoms with E-state index >= 15 is 0 Å². The fourth-order valence-electron chi connectivity index (χ4n) is 4.61. The molecule has 0 spiro atoms. The maximum atomic E-state index is 14.3. The Labute approximate surface area is 198 Å². The molecule has 1 aliphatic heterocycles. The highest BCUT2D eigenvalue weighted by Crippen LogP contribution is 2.35. The summed E-state index contributed by atoms with van der Waals surface area (Å²) in [6.45, 7) is 2.59. The summed E-state index contributed by atoms with van der Waals surface area (Å²) in [6, 6.07) is 12.4. The van der Waals surface area contributed by atoms with Gasteiger partial charge >= 0.3 is 0 Å². The van der Waals surface area contributed by atoms with Gasteiger partial charge in [-0.3, -0.25) is 0 Å². The smallest absolute Gasteiger partial charge is 0.140 e. The molecule has 34 heavy (non-hydrogen) atoms. The van der Waals surface area contributed by atoms with Crippen molar-refractivity contribution in [2.45, 2.75) is 37.1 Å². The topological polar surface area (TPSA) is 97.6 Å². The molecule has 3 N–H and O–H groups in total. The number of fused-ring (bicyclic) bond motifs is 7. The fourth-order valence-corrected chi connectivity index (χ4v) is 5.28. The Morgan fingerprint density at radius 3 is 2.74 bits per heavy atom. The molecule has 0 aliphatic carbocycles. The lowest BCUT2D eigenvalue weighted by Gasteiger charge is -2.18. The number of imidazole rings is 1. The molecule has 0 fully saturated rings. The fraction of sp³-hybridized carbons (Fsp3) is 0.231. The number of hydrogen-bond donors (Lipinski definition) is 2. The minimum absolute atomic E-state index is 0.0710. The molecule has 174 valence electrons. The van der Waals surface area contributed by atoms with Crippen LogP contribution >= 0.6 is 0 Å². The van der Waals surface area contributed by atoms with Crippen molar-refractivity contribution in [3.8, 4) is 22.5 Å². The second-order valence-corrected chi connectivity index (χ2v) is 11.1. The van der Waals surface area contributed by atoms with Gasteiger partial charge in [-0.05, 0) is 77.4 Å². The third-order valence-electron chi connectivity index (χ3n) is 6.53. The number of anilines is 1. The van der Waals surface area contributed by atoms with Crippen LogP contribution in [0.15, 0.2) is 66.0 Å². The molecular formula is C26H26FN5OS. The molecule has 0 radical (unpaired) electrons. The van der Waals surface area contributed by atoms with E-state index in [-0.39, 0.29) is 11.7 Å². The molecule has 2 atom stereocenters. The van der Waals surface area contributed by atoms with Gasteiger partial charge in [-0.1, -0.05) is 13.0 Å². The summed E-state index contributed by atoms with van der Waals surface area (Å²) in [5.41, 5.74) is 11.6. The van der Waals surface area contributed by atoms with Crippen LogP contribution in [0.25, 0.3) is 22.5 Å². The van der Waals surface area contributed by atoms with Crippen LogP contribution < -0.4 is 5.73 Å². The molecule has 6 nitrogen and oxygen atoms in total. The molecule has 3 heterocycles. The average molecular weight is 476 g/mol. The second-order valence-electron chi connectivity index (χ2n) is 8.98. The third-order valence-corrected chi connectivity index (χ3v) is 7.69. The first kappa shape index (κ1) is 22.3. The quantitative estimate of drug-likeness (QED) is 0.382. The van der Waals surface area contributed by atoms with Gasteiger partial charge in [-0.15, -0.1) is 0 Å². The van der Waals surface area contributed by atoms with Crippen molar-refractivity contribution in [1.29, 1.82) is 4.78 Å². The van der Waals surface area contributed by atoms with Crippen molar-refractivity contribution in [2.24, 2.45) is 0 Å². The Kier molecular flexibility index (Phi) is 5.48. The van der Waals surface area contributed by atoms with E-state index in [0.717, 1.165) is 45.6 Å². The van der Waals surface area contributed by atoms with E-state index in [1.54, 1.807) is 30.6 Å². The summed E-state index contributed by atoms with van der Waals surface area (Å²) in [7, 11) is -2.89. The van der Waals surface area contributed by atoms with Crippen molar-refractivity contribution >= 4 is 15.5 Å². The highest BCUT2D eigenvalue weighted by atomic mass is 32.2. The average Bonchev–Trinajstić information content (AvgIpc) is 3.25. The highest BCUT2D eigenvalue weighted by Gasteiger charge is 2.20. The molecule has 0 saturated carbocycles. The molecule has 2 aromatic carbocycles. The van der Waals surface area contributed by atoms with Gasteiger partial charge in [0.1, 0.15) is 17.5 Å². The van der Waals surface area contributed by atoms with Crippen molar-refractivity contribution in [3.63, 3.8) is 0 Å². The van der Waals surface area contributed by atoms with Gasteiger partial charge in [0.15, 0.2) is 0 Å².